The first-order valence-electron chi connectivity index (χ1n) is 34.1. The average Bonchev–Trinajstić information content (AvgIpc) is 3.43. The fourth-order valence-electron chi connectivity index (χ4n) is 10.2. The summed E-state index contributed by atoms with van der Waals surface area (Å²) in [5.41, 5.74) is 0. The minimum absolute atomic E-state index is 0.0698. The number of esters is 3. The highest BCUT2D eigenvalue weighted by Gasteiger charge is 2.19. The Bertz CT molecular complexity index is 1330. The highest BCUT2D eigenvalue weighted by Crippen LogP contribution is 2.17. The Kier molecular flexibility index (Phi) is 63.6. The molecule has 0 amide bonds. The maximum absolute atomic E-state index is 12.9. The quantitative estimate of drug-likeness (QED) is 0.0261. The second kappa shape index (κ2) is 65.9. The molecule has 6 heteroatoms. The Balaban J connectivity index is 4.15. The van der Waals surface area contributed by atoms with Crippen molar-refractivity contribution >= 4 is 17.9 Å². The summed E-state index contributed by atoms with van der Waals surface area (Å²) < 4.78 is 16.9. The predicted octanol–water partition coefficient (Wildman–Crippen LogP) is 23.3. The summed E-state index contributed by atoms with van der Waals surface area (Å²) in [5.74, 6) is -0.854. The normalized spacial score (nSPS) is 12.3. The molecule has 0 spiro atoms. The van der Waals surface area contributed by atoms with Gasteiger partial charge in [0.25, 0.3) is 0 Å². The topological polar surface area (TPSA) is 78.9 Å². The molecule has 0 N–H and O–H groups in total. The third-order valence-electron chi connectivity index (χ3n) is 15.3. The largest absolute Gasteiger partial charge is 0.462 e. The highest BCUT2D eigenvalue weighted by molar-refractivity contribution is 5.71. The predicted molar refractivity (Wildman–Crippen MR) is 335 cm³/mol. The van der Waals surface area contributed by atoms with E-state index in [4.69, 9.17) is 14.2 Å². The molecule has 0 aromatic heterocycles. The molecule has 0 bridgehead atoms. The smallest absolute Gasteiger partial charge is 0.306 e. The van der Waals surface area contributed by atoms with E-state index in [-0.39, 0.29) is 31.1 Å². The lowest BCUT2D eigenvalue weighted by molar-refractivity contribution is -0.167. The minimum Gasteiger partial charge on any atom is -0.462 e. The third kappa shape index (κ3) is 64.1. The van der Waals surface area contributed by atoms with Crippen LogP contribution in [0.15, 0.2) is 48.6 Å². The second-order valence-corrected chi connectivity index (χ2v) is 23.1. The zero-order valence-corrected chi connectivity index (χ0v) is 51.7. The first-order chi connectivity index (χ1) is 38.0. The van der Waals surface area contributed by atoms with Gasteiger partial charge in [0.15, 0.2) is 6.10 Å². The maximum atomic E-state index is 12.9. The lowest BCUT2D eigenvalue weighted by Gasteiger charge is -2.18. The van der Waals surface area contributed by atoms with Crippen LogP contribution in [0, 0.1) is 0 Å². The van der Waals surface area contributed by atoms with Crippen molar-refractivity contribution in [2.45, 2.75) is 374 Å². The lowest BCUT2D eigenvalue weighted by atomic mass is 10.0. The Hall–Kier alpha value is -2.63. The van der Waals surface area contributed by atoms with Crippen molar-refractivity contribution < 1.29 is 28.6 Å². The number of allylic oxidation sites excluding steroid dienone is 8. The van der Waals surface area contributed by atoms with Gasteiger partial charge in [0.05, 0.1) is 0 Å². The maximum Gasteiger partial charge on any atom is 0.306 e. The van der Waals surface area contributed by atoms with Crippen LogP contribution in [0.25, 0.3) is 0 Å². The van der Waals surface area contributed by atoms with Crippen LogP contribution in [0.2, 0.25) is 0 Å². The molecular weight excluding hydrogens is 949 g/mol. The van der Waals surface area contributed by atoms with Crippen LogP contribution >= 0.6 is 0 Å². The van der Waals surface area contributed by atoms with Crippen molar-refractivity contribution in [2.24, 2.45) is 0 Å². The van der Waals surface area contributed by atoms with Gasteiger partial charge in [-0.15, -0.1) is 0 Å². The molecule has 0 fully saturated rings. The molecule has 0 aromatic carbocycles. The zero-order valence-electron chi connectivity index (χ0n) is 51.7. The van der Waals surface area contributed by atoms with Gasteiger partial charge in [0.2, 0.25) is 0 Å². The fraction of sp³-hybridized carbons (Fsp3) is 0.845. The summed E-state index contributed by atoms with van der Waals surface area (Å²) in [6.07, 6.45) is 82.9. The SMILES string of the molecule is CCCCCCC/C=C\C/C=C\C/C=C\CCCCCCCCCCCCCCC(=O)OCC(COC(=O)CCCCCCCCCCC)OC(=O)CCCCCCCCCCCCC/C=C\CCCCCCCCCC. The van der Waals surface area contributed by atoms with Crippen LogP contribution in [-0.2, 0) is 28.6 Å². The number of hydrogen-bond donors (Lipinski definition) is 0. The summed E-state index contributed by atoms with van der Waals surface area (Å²) >= 11 is 0. The molecule has 0 aliphatic heterocycles. The Morgan fingerprint density at radius 1 is 0.260 bits per heavy atom. The van der Waals surface area contributed by atoms with Crippen LogP contribution in [0.3, 0.4) is 0 Å². The van der Waals surface area contributed by atoms with Gasteiger partial charge in [0.1, 0.15) is 13.2 Å². The highest BCUT2D eigenvalue weighted by atomic mass is 16.6. The van der Waals surface area contributed by atoms with E-state index in [0.29, 0.717) is 19.3 Å². The van der Waals surface area contributed by atoms with Crippen LogP contribution in [0.4, 0.5) is 0 Å². The molecule has 6 nitrogen and oxygen atoms in total. The summed E-state index contributed by atoms with van der Waals surface area (Å²) in [4.78, 5) is 38.2. The molecule has 0 rings (SSSR count). The molecule has 450 valence electrons. The number of hydrogen-bond acceptors (Lipinski definition) is 6. The van der Waals surface area contributed by atoms with E-state index in [9.17, 15) is 14.4 Å². The Morgan fingerprint density at radius 2 is 0.468 bits per heavy atom. The number of carbonyl (C=O) groups excluding carboxylic acids is 3. The summed E-state index contributed by atoms with van der Waals surface area (Å²) in [7, 11) is 0. The molecular formula is C71H130O6. The van der Waals surface area contributed by atoms with Gasteiger partial charge in [-0.3, -0.25) is 14.4 Å². The van der Waals surface area contributed by atoms with Crippen LogP contribution in [0.5, 0.6) is 0 Å². The van der Waals surface area contributed by atoms with Gasteiger partial charge in [0, 0.05) is 19.3 Å². The number of unbranched alkanes of at least 4 members (excludes halogenated alkanes) is 44. The molecule has 0 saturated carbocycles. The first-order valence-corrected chi connectivity index (χ1v) is 34.1. The van der Waals surface area contributed by atoms with E-state index < -0.39 is 6.10 Å². The van der Waals surface area contributed by atoms with E-state index in [1.54, 1.807) is 0 Å². The van der Waals surface area contributed by atoms with Crippen LogP contribution in [0.1, 0.15) is 367 Å². The van der Waals surface area contributed by atoms with Gasteiger partial charge in [-0.05, 0) is 83.5 Å². The summed E-state index contributed by atoms with van der Waals surface area (Å²) in [6.45, 7) is 6.66. The summed E-state index contributed by atoms with van der Waals surface area (Å²) in [5, 5.41) is 0. The zero-order chi connectivity index (χ0) is 55.7. The molecule has 0 saturated heterocycles. The molecule has 1 unspecified atom stereocenters. The molecule has 0 radical (unpaired) electrons. The van der Waals surface area contributed by atoms with E-state index in [1.165, 1.54) is 257 Å². The van der Waals surface area contributed by atoms with Crippen molar-refractivity contribution in [1.82, 2.24) is 0 Å². The van der Waals surface area contributed by atoms with Gasteiger partial charge < -0.3 is 14.2 Å². The molecule has 1 atom stereocenters. The third-order valence-corrected chi connectivity index (χ3v) is 15.3. The minimum atomic E-state index is -0.772. The van der Waals surface area contributed by atoms with Crippen molar-refractivity contribution in [3.05, 3.63) is 48.6 Å². The molecule has 0 heterocycles. The monoisotopic (exact) mass is 1080 g/mol. The van der Waals surface area contributed by atoms with Crippen molar-refractivity contribution in [3.8, 4) is 0 Å². The average molecular weight is 1080 g/mol. The van der Waals surface area contributed by atoms with Gasteiger partial charge >= 0.3 is 17.9 Å². The van der Waals surface area contributed by atoms with E-state index in [1.807, 2.05) is 0 Å². The standard InChI is InChI=1S/C71H130O6/c1-4-7-10-13-16-19-21-23-25-27-29-31-33-34-35-36-38-39-41-43-45-47-49-52-55-58-61-64-70(73)76-67-68(66-75-69(72)63-60-57-54-51-18-15-12-9-6-3)77-71(74)65-62-59-56-53-50-48-46-44-42-40-37-32-30-28-26-24-22-20-17-14-11-8-5-2/h21,23,27-30,33-34,68H,4-20,22,24-26,31-32,35-67H2,1-3H3/b23-21-,29-27-,30-28-,34-33-. The number of ether oxygens (including phenoxy) is 3. The number of carbonyl (C=O) groups is 3. The van der Waals surface area contributed by atoms with E-state index in [2.05, 4.69) is 69.4 Å². The summed E-state index contributed by atoms with van der Waals surface area (Å²) in [6, 6.07) is 0. The first kappa shape index (κ1) is 74.4. The van der Waals surface area contributed by atoms with Crippen molar-refractivity contribution in [1.29, 1.82) is 0 Å². The second-order valence-electron chi connectivity index (χ2n) is 23.1. The van der Waals surface area contributed by atoms with E-state index >= 15 is 0 Å². The van der Waals surface area contributed by atoms with Crippen LogP contribution < -0.4 is 0 Å². The van der Waals surface area contributed by atoms with E-state index in [0.717, 1.165) is 70.6 Å². The number of rotatable bonds is 63. The Labute approximate surface area is 479 Å². The van der Waals surface area contributed by atoms with Crippen LogP contribution in [-0.4, -0.2) is 37.2 Å². The molecule has 0 aliphatic rings. The lowest BCUT2D eigenvalue weighted by Crippen LogP contribution is -2.30. The van der Waals surface area contributed by atoms with Gasteiger partial charge in [-0.25, -0.2) is 0 Å². The molecule has 77 heavy (non-hydrogen) atoms. The van der Waals surface area contributed by atoms with Gasteiger partial charge in [-0.2, -0.15) is 0 Å². The fourth-order valence-corrected chi connectivity index (χ4v) is 10.2. The van der Waals surface area contributed by atoms with Crippen molar-refractivity contribution in [3.63, 3.8) is 0 Å². The van der Waals surface area contributed by atoms with Gasteiger partial charge in [-0.1, -0.05) is 313 Å². The molecule has 0 aromatic rings. The molecule has 0 aliphatic carbocycles. The van der Waals surface area contributed by atoms with Crippen molar-refractivity contribution in [2.75, 3.05) is 13.2 Å². The Morgan fingerprint density at radius 3 is 0.740 bits per heavy atom.